The molecule has 2 aliphatic rings. The Morgan fingerprint density at radius 3 is 2.21 bits per heavy atom. The van der Waals surface area contributed by atoms with Crippen molar-refractivity contribution in [3.05, 3.63) is 125 Å². The van der Waals surface area contributed by atoms with E-state index in [9.17, 15) is 0 Å². The van der Waals surface area contributed by atoms with Gasteiger partial charge >= 0.3 is 0 Å². The molecular weight excluding hydrogens is 514 g/mol. The summed E-state index contributed by atoms with van der Waals surface area (Å²) in [5, 5.41) is 9.11. The van der Waals surface area contributed by atoms with E-state index < -0.39 is 0 Å². The summed E-state index contributed by atoms with van der Waals surface area (Å²) < 4.78 is 2.27. The van der Waals surface area contributed by atoms with Gasteiger partial charge in [0.25, 0.3) is 0 Å². The van der Waals surface area contributed by atoms with E-state index in [-0.39, 0.29) is 0 Å². The Labute approximate surface area is 251 Å². The molecule has 0 N–H and O–H groups in total. The molecular formula is C37H43N5. The lowest BCUT2D eigenvalue weighted by Gasteiger charge is -2.37. The Bertz CT molecular complexity index is 1380. The first-order chi connectivity index (χ1) is 20.7. The molecule has 2 heterocycles. The quantitative estimate of drug-likeness (QED) is 0.186. The van der Waals surface area contributed by atoms with Crippen LogP contribution >= 0.6 is 0 Å². The number of rotatable bonds is 13. The van der Waals surface area contributed by atoms with E-state index >= 15 is 0 Å². The van der Waals surface area contributed by atoms with E-state index in [1.165, 1.54) is 74.2 Å². The van der Waals surface area contributed by atoms with Crippen LogP contribution in [0.2, 0.25) is 0 Å². The summed E-state index contributed by atoms with van der Waals surface area (Å²) in [6.07, 6.45) is 10.4. The second-order valence-electron chi connectivity index (χ2n) is 12.4. The molecule has 0 spiro atoms. The number of nitrogens with zero attached hydrogens (tertiary/aromatic N) is 5. The normalized spacial score (nSPS) is 17.5. The summed E-state index contributed by atoms with van der Waals surface area (Å²) in [6, 6.07) is 32.2. The number of nitriles is 1. The fraction of sp³-hybridized carbons (Fsp3) is 0.405. The first-order valence-corrected chi connectivity index (χ1v) is 15.8. The van der Waals surface area contributed by atoms with Gasteiger partial charge in [-0.2, -0.15) is 5.26 Å². The molecule has 216 valence electrons. The molecule has 1 atom stereocenters. The van der Waals surface area contributed by atoms with Crippen molar-refractivity contribution < 1.29 is 0 Å². The summed E-state index contributed by atoms with van der Waals surface area (Å²) >= 11 is 0. The van der Waals surface area contributed by atoms with E-state index in [0.29, 0.717) is 17.4 Å². The fourth-order valence-corrected chi connectivity index (χ4v) is 6.64. The van der Waals surface area contributed by atoms with Gasteiger partial charge in [-0.1, -0.05) is 72.8 Å². The number of imidazole rings is 1. The largest absolute Gasteiger partial charge is 0.330 e. The summed E-state index contributed by atoms with van der Waals surface area (Å²) in [5.74, 6) is 2.01. The van der Waals surface area contributed by atoms with Crippen LogP contribution in [0.15, 0.2) is 97.5 Å². The van der Waals surface area contributed by atoms with Gasteiger partial charge in [0.05, 0.1) is 18.0 Å². The zero-order chi connectivity index (χ0) is 28.6. The molecule has 5 nitrogen and oxygen atoms in total. The monoisotopic (exact) mass is 557 g/mol. The number of aromatic nitrogens is 2. The first-order valence-electron chi connectivity index (χ1n) is 15.8. The fourth-order valence-electron chi connectivity index (χ4n) is 6.64. The summed E-state index contributed by atoms with van der Waals surface area (Å²) in [6.45, 7) is 7.78. The predicted molar refractivity (Wildman–Crippen MR) is 169 cm³/mol. The van der Waals surface area contributed by atoms with E-state index in [1.54, 1.807) is 0 Å². The molecule has 0 unspecified atom stereocenters. The smallest absolute Gasteiger partial charge is 0.0991 e. The lowest BCUT2D eigenvalue weighted by atomic mass is 9.89. The molecule has 1 aromatic heterocycles. The molecule has 4 aromatic rings. The average molecular weight is 558 g/mol. The average Bonchev–Trinajstić information content (AvgIpc) is 3.75. The maximum Gasteiger partial charge on any atom is 0.0991 e. The molecule has 1 saturated heterocycles. The van der Waals surface area contributed by atoms with Crippen LogP contribution in [0.3, 0.4) is 0 Å². The zero-order valence-corrected chi connectivity index (χ0v) is 24.7. The Morgan fingerprint density at radius 2 is 1.55 bits per heavy atom. The highest BCUT2D eigenvalue weighted by Gasteiger charge is 2.29. The van der Waals surface area contributed by atoms with Gasteiger partial charge in [0.1, 0.15) is 0 Å². The van der Waals surface area contributed by atoms with Crippen molar-refractivity contribution in [2.75, 3.05) is 39.3 Å². The molecule has 3 aromatic carbocycles. The maximum absolute atomic E-state index is 9.11. The third kappa shape index (κ3) is 7.76. The van der Waals surface area contributed by atoms with Gasteiger partial charge in [0, 0.05) is 63.5 Å². The Kier molecular flexibility index (Phi) is 9.44. The Morgan fingerprint density at radius 1 is 0.857 bits per heavy atom. The minimum atomic E-state index is 0.408. The number of likely N-dealkylation sites (tertiary alicyclic amines) is 1. The molecule has 0 amide bonds. The van der Waals surface area contributed by atoms with Gasteiger partial charge in [-0.05, 0) is 72.9 Å². The van der Waals surface area contributed by atoms with Crippen LogP contribution in [0.5, 0.6) is 0 Å². The lowest BCUT2D eigenvalue weighted by Crippen LogP contribution is -2.43. The van der Waals surface area contributed by atoms with E-state index in [1.807, 2.05) is 24.7 Å². The van der Waals surface area contributed by atoms with Crippen LogP contribution in [0, 0.1) is 23.2 Å². The molecule has 1 saturated carbocycles. The molecule has 6 rings (SSSR count). The van der Waals surface area contributed by atoms with Crippen molar-refractivity contribution >= 4 is 0 Å². The Balaban J connectivity index is 1.07. The van der Waals surface area contributed by atoms with Gasteiger partial charge in [0.2, 0.25) is 0 Å². The van der Waals surface area contributed by atoms with Crippen LogP contribution in [0.1, 0.15) is 59.5 Å². The highest BCUT2D eigenvalue weighted by molar-refractivity contribution is 5.33. The minimum Gasteiger partial charge on any atom is -0.330 e. The van der Waals surface area contributed by atoms with Crippen LogP contribution < -0.4 is 0 Å². The van der Waals surface area contributed by atoms with Gasteiger partial charge in [-0.3, -0.25) is 0 Å². The molecule has 2 fully saturated rings. The molecule has 1 aliphatic heterocycles. The summed E-state index contributed by atoms with van der Waals surface area (Å²) in [5.41, 5.74) is 6.03. The van der Waals surface area contributed by atoms with Gasteiger partial charge in [0.15, 0.2) is 0 Å². The molecule has 1 aliphatic carbocycles. The summed E-state index contributed by atoms with van der Waals surface area (Å²) in [7, 11) is 0. The van der Waals surface area contributed by atoms with Crippen LogP contribution in [0.25, 0.3) is 0 Å². The summed E-state index contributed by atoms with van der Waals surface area (Å²) in [4.78, 5) is 9.99. The van der Waals surface area contributed by atoms with Crippen molar-refractivity contribution in [2.45, 2.75) is 44.6 Å². The number of hydrogen-bond acceptors (Lipinski definition) is 4. The van der Waals surface area contributed by atoms with Crippen molar-refractivity contribution in [3.63, 3.8) is 0 Å². The van der Waals surface area contributed by atoms with E-state index in [2.05, 4.69) is 98.2 Å². The lowest BCUT2D eigenvalue weighted by molar-refractivity contribution is 0.128. The SMILES string of the molecule is N#Cc1ccc(Cn2cncc2CCN(CC2CC2)C[C@@H]2CCCN(CC(c3ccccc3)c3ccccc3)C2)cc1. The molecule has 0 radical (unpaired) electrons. The third-order valence-electron chi connectivity index (χ3n) is 9.10. The van der Waals surface area contributed by atoms with E-state index in [0.717, 1.165) is 32.0 Å². The third-order valence-corrected chi connectivity index (χ3v) is 9.10. The van der Waals surface area contributed by atoms with Crippen molar-refractivity contribution in [1.82, 2.24) is 19.4 Å². The predicted octanol–water partition coefficient (Wildman–Crippen LogP) is 6.60. The topological polar surface area (TPSA) is 48.1 Å². The second kappa shape index (κ2) is 14.0. The number of benzene rings is 3. The van der Waals surface area contributed by atoms with Crippen molar-refractivity contribution in [1.29, 1.82) is 5.26 Å². The minimum absolute atomic E-state index is 0.408. The highest BCUT2D eigenvalue weighted by Crippen LogP contribution is 2.31. The molecule has 5 heteroatoms. The first kappa shape index (κ1) is 28.4. The standard InChI is InChI=1S/C37H43N5/c38-22-30-13-15-32(16-14-30)27-42-29-39-23-36(42)19-21-41(24-31-17-18-31)26-33-8-7-20-40(25-33)28-37(34-9-3-1-4-10-34)35-11-5-2-6-12-35/h1-6,9-16,23,29,31,33,37H,7-8,17-21,24-28H2/t33-/m1/s1. The van der Waals surface area contributed by atoms with Crippen molar-refractivity contribution in [2.24, 2.45) is 11.8 Å². The van der Waals surface area contributed by atoms with Crippen LogP contribution in [-0.2, 0) is 13.0 Å². The Hall–Kier alpha value is -3.72. The highest BCUT2D eigenvalue weighted by atomic mass is 15.2. The maximum atomic E-state index is 9.11. The second-order valence-corrected chi connectivity index (χ2v) is 12.4. The zero-order valence-electron chi connectivity index (χ0n) is 24.7. The van der Waals surface area contributed by atoms with E-state index in [4.69, 9.17) is 5.26 Å². The molecule has 0 bridgehead atoms. The van der Waals surface area contributed by atoms with Gasteiger partial charge in [-0.15, -0.1) is 0 Å². The van der Waals surface area contributed by atoms with Crippen LogP contribution in [-0.4, -0.2) is 58.6 Å². The van der Waals surface area contributed by atoms with Crippen LogP contribution in [0.4, 0.5) is 0 Å². The van der Waals surface area contributed by atoms with Crippen molar-refractivity contribution in [3.8, 4) is 6.07 Å². The number of hydrogen-bond donors (Lipinski definition) is 0. The number of piperidine rings is 1. The van der Waals surface area contributed by atoms with Gasteiger partial charge in [-0.25, -0.2) is 4.98 Å². The van der Waals surface area contributed by atoms with Gasteiger partial charge < -0.3 is 14.4 Å². The molecule has 42 heavy (non-hydrogen) atoms.